The van der Waals surface area contributed by atoms with Gasteiger partial charge in [0, 0.05) is 12.0 Å². The zero-order valence-electron chi connectivity index (χ0n) is 10.4. The van der Waals surface area contributed by atoms with Crippen molar-refractivity contribution in [2.75, 3.05) is 0 Å². The fraction of sp³-hybridized carbons (Fsp3) is 0.667. The molecule has 0 bridgehead atoms. The highest BCUT2D eigenvalue weighted by atomic mass is 16.5. The molecule has 1 heterocycles. The highest BCUT2D eigenvalue weighted by molar-refractivity contribution is 5.96. The van der Waals surface area contributed by atoms with Gasteiger partial charge < -0.3 is 14.9 Å². The van der Waals surface area contributed by atoms with E-state index in [0.29, 0.717) is 29.9 Å². The van der Waals surface area contributed by atoms with Gasteiger partial charge in [0.25, 0.3) is 5.91 Å². The first-order valence-corrected chi connectivity index (χ1v) is 5.94. The van der Waals surface area contributed by atoms with Crippen LogP contribution < -0.4 is 5.32 Å². The largest absolute Gasteiger partial charge is 0.393 e. The van der Waals surface area contributed by atoms with E-state index in [1.807, 2.05) is 13.8 Å². The topological polar surface area (TPSA) is 75.4 Å². The van der Waals surface area contributed by atoms with E-state index in [-0.39, 0.29) is 24.0 Å². The van der Waals surface area contributed by atoms with E-state index in [1.165, 1.54) is 0 Å². The highest BCUT2D eigenvalue weighted by Crippen LogP contribution is 2.24. The Kier molecular flexibility index (Phi) is 3.19. The van der Waals surface area contributed by atoms with Crippen molar-refractivity contribution in [1.82, 2.24) is 10.5 Å². The molecule has 2 N–H and O–H groups in total. The number of carbonyl (C=O) groups excluding carboxylic acids is 1. The fourth-order valence-corrected chi connectivity index (χ4v) is 2.02. The van der Waals surface area contributed by atoms with Gasteiger partial charge in [-0.05, 0) is 19.8 Å². The molecular weight excluding hydrogens is 220 g/mol. The number of aryl methyl sites for hydroxylation is 1. The van der Waals surface area contributed by atoms with E-state index < -0.39 is 0 Å². The first-order chi connectivity index (χ1) is 7.99. The maximum atomic E-state index is 12.1. The quantitative estimate of drug-likeness (QED) is 0.833. The van der Waals surface area contributed by atoms with E-state index in [4.69, 9.17) is 4.52 Å². The third-order valence-electron chi connectivity index (χ3n) is 3.09. The van der Waals surface area contributed by atoms with Crippen LogP contribution in [0.5, 0.6) is 0 Å². The summed E-state index contributed by atoms with van der Waals surface area (Å²) in [5.74, 6) is 0.605. The Morgan fingerprint density at radius 3 is 2.71 bits per heavy atom. The van der Waals surface area contributed by atoms with Gasteiger partial charge >= 0.3 is 0 Å². The van der Waals surface area contributed by atoms with Crippen molar-refractivity contribution in [2.24, 2.45) is 0 Å². The molecule has 0 saturated heterocycles. The molecule has 5 heteroatoms. The lowest BCUT2D eigenvalue weighted by molar-refractivity contribution is 0.0561. The summed E-state index contributed by atoms with van der Waals surface area (Å²) in [7, 11) is 0. The predicted octanol–water partition coefficient (Wildman–Crippen LogP) is 1.36. The standard InChI is InChI=1S/C12H18N2O3/c1-6(2)11-10(7(3)14-17-11)12(16)13-8-4-9(15)5-8/h6,8-9,15H,4-5H2,1-3H3,(H,13,16). The molecule has 1 aromatic heterocycles. The van der Waals surface area contributed by atoms with Gasteiger partial charge in [-0.15, -0.1) is 0 Å². The Bertz CT molecular complexity index is 419. The molecule has 1 aliphatic carbocycles. The third-order valence-corrected chi connectivity index (χ3v) is 3.09. The average molecular weight is 238 g/mol. The molecule has 17 heavy (non-hydrogen) atoms. The van der Waals surface area contributed by atoms with Gasteiger partial charge in [-0.3, -0.25) is 4.79 Å². The second-order valence-corrected chi connectivity index (χ2v) is 4.96. The second-order valence-electron chi connectivity index (χ2n) is 4.96. The summed E-state index contributed by atoms with van der Waals surface area (Å²) in [5.41, 5.74) is 1.16. The Morgan fingerprint density at radius 2 is 2.18 bits per heavy atom. The molecule has 0 radical (unpaired) electrons. The number of aliphatic hydroxyl groups excluding tert-OH is 1. The van der Waals surface area contributed by atoms with Gasteiger partial charge in [0.05, 0.1) is 11.8 Å². The second kappa shape index (κ2) is 4.49. The number of hydrogen-bond donors (Lipinski definition) is 2. The van der Waals surface area contributed by atoms with Crippen LogP contribution in [0.2, 0.25) is 0 Å². The van der Waals surface area contributed by atoms with Gasteiger partial charge in [0.1, 0.15) is 5.56 Å². The molecule has 1 aromatic rings. The predicted molar refractivity (Wildman–Crippen MR) is 61.8 cm³/mol. The van der Waals surface area contributed by atoms with Gasteiger partial charge in [-0.2, -0.15) is 0 Å². The number of nitrogens with zero attached hydrogens (tertiary/aromatic N) is 1. The normalized spacial score (nSPS) is 23.6. The Labute approximate surface area is 100 Å². The number of aliphatic hydroxyl groups is 1. The van der Waals surface area contributed by atoms with Crippen LogP contribution >= 0.6 is 0 Å². The fourth-order valence-electron chi connectivity index (χ4n) is 2.02. The zero-order valence-corrected chi connectivity index (χ0v) is 10.4. The molecule has 1 aliphatic rings. The van der Waals surface area contributed by atoms with Crippen LogP contribution in [-0.2, 0) is 0 Å². The maximum Gasteiger partial charge on any atom is 0.257 e. The van der Waals surface area contributed by atoms with E-state index in [0.717, 1.165) is 0 Å². The van der Waals surface area contributed by atoms with Crippen molar-refractivity contribution in [1.29, 1.82) is 0 Å². The van der Waals surface area contributed by atoms with Gasteiger partial charge in [-0.1, -0.05) is 19.0 Å². The monoisotopic (exact) mass is 238 g/mol. The third kappa shape index (κ3) is 2.34. The highest BCUT2D eigenvalue weighted by Gasteiger charge is 2.31. The zero-order chi connectivity index (χ0) is 12.6. The van der Waals surface area contributed by atoms with Crippen LogP contribution in [0.1, 0.15) is 54.4 Å². The number of rotatable bonds is 3. The minimum absolute atomic E-state index is 0.0758. The van der Waals surface area contributed by atoms with Crippen molar-refractivity contribution >= 4 is 5.91 Å². The Balaban J connectivity index is 2.10. The maximum absolute atomic E-state index is 12.1. The molecule has 0 aromatic carbocycles. The molecule has 0 spiro atoms. The van der Waals surface area contributed by atoms with E-state index in [2.05, 4.69) is 10.5 Å². The molecule has 1 fully saturated rings. The first kappa shape index (κ1) is 12.1. The van der Waals surface area contributed by atoms with Crippen molar-refractivity contribution in [2.45, 2.75) is 51.7 Å². The number of nitrogens with one attached hydrogen (secondary N) is 1. The van der Waals surface area contributed by atoms with Crippen LogP contribution in [0.4, 0.5) is 0 Å². The van der Waals surface area contributed by atoms with Crippen LogP contribution in [0.15, 0.2) is 4.52 Å². The summed E-state index contributed by atoms with van der Waals surface area (Å²) in [6.07, 6.45) is 0.994. The smallest absolute Gasteiger partial charge is 0.257 e. The van der Waals surface area contributed by atoms with Crippen LogP contribution in [-0.4, -0.2) is 28.3 Å². The van der Waals surface area contributed by atoms with Crippen LogP contribution in [0.25, 0.3) is 0 Å². The van der Waals surface area contributed by atoms with Crippen molar-refractivity contribution < 1.29 is 14.4 Å². The first-order valence-electron chi connectivity index (χ1n) is 5.94. The Hall–Kier alpha value is -1.36. The minimum atomic E-state index is -0.270. The molecule has 0 unspecified atom stereocenters. The summed E-state index contributed by atoms with van der Waals surface area (Å²) < 4.78 is 5.17. The van der Waals surface area contributed by atoms with Gasteiger partial charge in [0.2, 0.25) is 0 Å². The Morgan fingerprint density at radius 1 is 1.53 bits per heavy atom. The van der Waals surface area contributed by atoms with E-state index >= 15 is 0 Å². The summed E-state index contributed by atoms with van der Waals surface area (Å²) >= 11 is 0. The molecule has 1 amide bonds. The van der Waals surface area contributed by atoms with Crippen molar-refractivity contribution in [3.8, 4) is 0 Å². The van der Waals surface area contributed by atoms with Crippen molar-refractivity contribution in [3.05, 3.63) is 17.0 Å². The molecule has 0 aliphatic heterocycles. The number of amides is 1. The number of hydrogen-bond acceptors (Lipinski definition) is 4. The van der Waals surface area contributed by atoms with Gasteiger partial charge in [0.15, 0.2) is 5.76 Å². The van der Waals surface area contributed by atoms with E-state index in [9.17, 15) is 9.90 Å². The summed E-state index contributed by atoms with van der Waals surface area (Å²) in [4.78, 5) is 12.1. The van der Waals surface area contributed by atoms with E-state index in [1.54, 1.807) is 6.92 Å². The van der Waals surface area contributed by atoms with Crippen LogP contribution in [0.3, 0.4) is 0 Å². The summed E-state index contributed by atoms with van der Waals surface area (Å²) in [5, 5.41) is 15.9. The SMILES string of the molecule is Cc1noc(C(C)C)c1C(=O)NC1CC(O)C1. The molecule has 0 atom stereocenters. The summed E-state index contributed by atoms with van der Waals surface area (Å²) in [6.45, 7) is 5.69. The molecular formula is C12H18N2O3. The van der Waals surface area contributed by atoms with Gasteiger partial charge in [-0.25, -0.2) is 0 Å². The minimum Gasteiger partial charge on any atom is -0.393 e. The summed E-state index contributed by atoms with van der Waals surface area (Å²) in [6, 6.07) is 0.0758. The lowest BCUT2D eigenvalue weighted by Crippen LogP contribution is -2.47. The molecule has 5 nitrogen and oxygen atoms in total. The molecule has 1 saturated carbocycles. The number of aromatic nitrogens is 1. The number of carbonyl (C=O) groups is 1. The van der Waals surface area contributed by atoms with Crippen LogP contribution in [0, 0.1) is 6.92 Å². The lowest BCUT2D eigenvalue weighted by Gasteiger charge is -2.31. The van der Waals surface area contributed by atoms with Crippen molar-refractivity contribution in [3.63, 3.8) is 0 Å². The average Bonchev–Trinajstić information content (AvgIpc) is 2.57. The molecule has 2 rings (SSSR count). The lowest BCUT2D eigenvalue weighted by atomic mass is 9.89. The molecule has 94 valence electrons.